The molecule has 0 aromatic carbocycles. The van der Waals surface area contributed by atoms with E-state index in [2.05, 4.69) is 4.98 Å². The number of aromatic nitrogens is 1. The van der Waals surface area contributed by atoms with Crippen molar-refractivity contribution in [3.05, 3.63) is 33.6 Å². The molecule has 0 aliphatic heterocycles. The molecule has 0 bridgehead atoms. The maximum Gasteiger partial charge on any atom is 0.425 e. The Balaban J connectivity index is 3.57. The normalized spacial score (nSPS) is 10.8. The van der Waals surface area contributed by atoms with E-state index in [4.69, 9.17) is 5.26 Å². The van der Waals surface area contributed by atoms with Crippen LogP contribution in [0, 0.1) is 21.4 Å². The van der Waals surface area contributed by atoms with Crippen LogP contribution in [0.2, 0.25) is 0 Å². The van der Waals surface area contributed by atoms with Crippen molar-refractivity contribution in [1.82, 2.24) is 4.98 Å². The van der Waals surface area contributed by atoms with Crippen LogP contribution in [0.4, 0.5) is 18.9 Å². The Labute approximate surface area is 80.9 Å². The number of nitro groups is 1. The fraction of sp³-hybridized carbons (Fsp3) is 0.143. The van der Waals surface area contributed by atoms with Crippen LogP contribution >= 0.6 is 0 Å². The molecule has 0 saturated heterocycles. The average Bonchev–Trinajstić information content (AvgIpc) is 2.15. The molecule has 0 aliphatic carbocycles. The van der Waals surface area contributed by atoms with E-state index in [1.807, 2.05) is 0 Å². The van der Waals surface area contributed by atoms with E-state index >= 15 is 0 Å². The first kappa shape index (κ1) is 10.9. The molecule has 0 aliphatic rings. The fourth-order valence-corrected chi connectivity index (χ4v) is 0.968. The van der Waals surface area contributed by atoms with Crippen molar-refractivity contribution >= 4 is 5.69 Å². The Bertz CT molecular complexity index is 450. The van der Waals surface area contributed by atoms with E-state index in [1.54, 1.807) is 0 Å². The average molecular weight is 217 g/mol. The summed E-state index contributed by atoms with van der Waals surface area (Å²) in [5, 5.41) is 18.7. The summed E-state index contributed by atoms with van der Waals surface area (Å²) in [5.74, 6) is 0. The lowest BCUT2D eigenvalue weighted by molar-refractivity contribution is -0.388. The number of nitriles is 1. The van der Waals surface area contributed by atoms with Crippen LogP contribution in [-0.4, -0.2) is 9.91 Å². The van der Waals surface area contributed by atoms with E-state index in [1.165, 1.54) is 0 Å². The third-order valence-electron chi connectivity index (χ3n) is 1.52. The zero-order chi connectivity index (χ0) is 11.6. The summed E-state index contributed by atoms with van der Waals surface area (Å²) in [6, 6.07) is 1.76. The number of pyridine rings is 1. The predicted octanol–water partition coefficient (Wildman–Crippen LogP) is 1.88. The summed E-state index contributed by atoms with van der Waals surface area (Å²) in [7, 11) is 0. The highest BCUT2D eigenvalue weighted by molar-refractivity contribution is 5.48. The van der Waals surface area contributed by atoms with E-state index < -0.39 is 28.0 Å². The Morgan fingerprint density at radius 1 is 1.53 bits per heavy atom. The first-order chi connectivity index (χ1) is 6.88. The molecule has 1 aromatic heterocycles. The van der Waals surface area contributed by atoms with Gasteiger partial charge in [-0.05, 0) is 0 Å². The lowest BCUT2D eigenvalue weighted by Gasteiger charge is -2.07. The summed E-state index contributed by atoms with van der Waals surface area (Å²) in [4.78, 5) is 12.2. The second-order valence-corrected chi connectivity index (χ2v) is 2.42. The van der Waals surface area contributed by atoms with Gasteiger partial charge in [0.25, 0.3) is 5.69 Å². The Hall–Kier alpha value is -2.17. The largest absolute Gasteiger partial charge is 0.425 e. The second-order valence-electron chi connectivity index (χ2n) is 2.42. The molecule has 0 fully saturated rings. The van der Waals surface area contributed by atoms with Gasteiger partial charge in [0, 0.05) is 12.3 Å². The van der Waals surface area contributed by atoms with Gasteiger partial charge in [-0.2, -0.15) is 18.4 Å². The number of nitrogens with zero attached hydrogens (tertiary/aromatic N) is 3. The summed E-state index contributed by atoms with van der Waals surface area (Å²) in [6.07, 6.45) is -4.19. The minimum absolute atomic E-state index is 0.601. The highest BCUT2D eigenvalue weighted by atomic mass is 19.4. The van der Waals surface area contributed by atoms with Gasteiger partial charge in [0.2, 0.25) is 0 Å². The summed E-state index contributed by atoms with van der Waals surface area (Å²) >= 11 is 0. The molecule has 0 radical (unpaired) electrons. The summed E-state index contributed by atoms with van der Waals surface area (Å²) in [5.41, 5.74) is -3.79. The van der Waals surface area contributed by atoms with Gasteiger partial charge >= 0.3 is 6.18 Å². The first-order valence-electron chi connectivity index (χ1n) is 3.48. The van der Waals surface area contributed by atoms with Gasteiger partial charge in [-0.25, -0.2) is 4.98 Å². The van der Waals surface area contributed by atoms with Crippen LogP contribution in [0.5, 0.6) is 0 Å². The molecule has 8 heteroatoms. The van der Waals surface area contributed by atoms with E-state index in [9.17, 15) is 23.3 Å². The van der Waals surface area contributed by atoms with Gasteiger partial charge in [-0.3, -0.25) is 10.1 Å². The first-order valence-corrected chi connectivity index (χ1v) is 3.48. The van der Waals surface area contributed by atoms with E-state index in [0.29, 0.717) is 6.07 Å². The van der Waals surface area contributed by atoms with Crippen molar-refractivity contribution in [3.63, 3.8) is 0 Å². The number of rotatable bonds is 1. The van der Waals surface area contributed by atoms with Crippen molar-refractivity contribution in [1.29, 1.82) is 5.26 Å². The summed E-state index contributed by atoms with van der Waals surface area (Å²) in [6.45, 7) is 0. The maximum atomic E-state index is 12.4. The fourth-order valence-electron chi connectivity index (χ4n) is 0.968. The van der Waals surface area contributed by atoms with Crippen LogP contribution in [0.1, 0.15) is 11.3 Å². The number of hydrogen-bond acceptors (Lipinski definition) is 4. The highest BCUT2D eigenvalue weighted by Crippen LogP contribution is 2.37. The van der Waals surface area contributed by atoms with Crippen LogP contribution < -0.4 is 0 Å². The van der Waals surface area contributed by atoms with E-state index in [-0.39, 0.29) is 0 Å². The van der Waals surface area contributed by atoms with E-state index in [0.717, 1.165) is 12.3 Å². The standard InChI is InChI=1S/C7H2F3N3O2/c8-7(9,10)6-4(3-11)12-2-1-5(6)13(14)15/h1-2H. The maximum absolute atomic E-state index is 12.4. The Kier molecular flexibility index (Phi) is 2.57. The topological polar surface area (TPSA) is 79.8 Å². The molecule has 1 rings (SSSR count). The Morgan fingerprint density at radius 2 is 2.13 bits per heavy atom. The van der Waals surface area contributed by atoms with Gasteiger partial charge in [0.05, 0.1) is 4.92 Å². The van der Waals surface area contributed by atoms with Gasteiger partial charge in [-0.1, -0.05) is 0 Å². The Morgan fingerprint density at radius 3 is 2.53 bits per heavy atom. The van der Waals surface area contributed by atoms with Crippen LogP contribution in [0.15, 0.2) is 12.3 Å². The van der Waals surface area contributed by atoms with Crippen molar-refractivity contribution in [3.8, 4) is 6.07 Å². The van der Waals surface area contributed by atoms with Gasteiger partial charge in [0.1, 0.15) is 6.07 Å². The molecular formula is C7H2F3N3O2. The predicted molar refractivity (Wildman–Crippen MR) is 40.6 cm³/mol. The van der Waals surface area contributed by atoms with Gasteiger partial charge in [0.15, 0.2) is 11.3 Å². The minimum Gasteiger partial charge on any atom is -0.258 e. The molecule has 15 heavy (non-hydrogen) atoms. The monoisotopic (exact) mass is 217 g/mol. The highest BCUT2D eigenvalue weighted by Gasteiger charge is 2.41. The number of alkyl halides is 3. The van der Waals surface area contributed by atoms with Crippen molar-refractivity contribution in [2.75, 3.05) is 0 Å². The molecule has 1 aromatic rings. The van der Waals surface area contributed by atoms with Crippen molar-refractivity contribution in [2.45, 2.75) is 6.18 Å². The third-order valence-corrected chi connectivity index (χ3v) is 1.52. The smallest absolute Gasteiger partial charge is 0.258 e. The number of halogens is 3. The molecule has 0 saturated carbocycles. The molecule has 0 amide bonds. The lowest BCUT2D eigenvalue weighted by Crippen LogP contribution is -2.12. The quantitative estimate of drug-likeness (QED) is 0.531. The van der Waals surface area contributed by atoms with Gasteiger partial charge in [-0.15, -0.1) is 0 Å². The SMILES string of the molecule is N#Cc1nccc([N+](=O)[O-])c1C(F)(F)F. The van der Waals surface area contributed by atoms with Crippen molar-refractivity contribution in [2.24, 2.45) is 0 Å². The lowest BCUT2D eigenvalue weighted by atomic mass is 10.1. The van der Waals surface area contributed by atoms with Gasteiger partial charge < -0.3 is 0 Å². The van der Waals surface area contributed by atoms with Crippen molar-refractivity contribution < 1.29 is 18.1 Å². The zero-order valence-corrected chi connectivity index (χ0v) is 6.95. The zero-order valence-electron chi connectivity index (χ0n) is 6.95. The minimum atomic E-state index is -4.97. The van der Waals surface area contributed by atoms with Crippen LogP contribution in [0.25, 0.3) is 0 Å². The third kappa shape index (κ3) is 2.01. The molecule has 0 atom stereocenters. The molecule has 78 valence electrons. The number of hydrogen-bond donors (Lipinski definition) is 0. The molecule has 5 nitrogen and oxygen atoms in total. The molecule has 0 spiro atoms. The van der Waals surface area contributed by atoms with Crippen LogP contribution in [0.3, 0.4) is 0 Å². The molecule has 0 N–H and O–H groups in total. The second kappa shape index (κ2) is 3.53. The van der Waals surface area contributed by atoms with Crippen LogP contribution in [-0.2, 0) is 6.18 Å². The molecule has 0 unspecified atom stereocenters. The molecular weight excluding hydrogens is 215 g/mol. The summed E-state index contributed by atoms with van der Waals surface area (Å²) < 4.78 is 37.1. The molecule has 1 heterocycles.